The van der Waals surface area contributed by atoms with Crippen LogP contribution < -0.4 is 49.2 Å². The number of amides is 8. The van der Waals surface area contributed by atoms with Crippen molar-refractivity contribution in [1.82, 2.24) is 41.9 Å². The van der Waals surface area contributed by atoms with Crippen molar-refractivity contribution >= 4 is 53.4 Å². The molecule has 8 amide bonds. The highest BCUT2D eigenvalue weighted by Gasteiger charge is 2.41. The average Bonchev–Trinajstić information content (AvgIpc) is 3.49. The first-order valence-corrected chi connectivity index (χ1v) is 19.3. The van der Waals surface area contributed by atoms with Gasteiger partial charge in [-0.1, -0.05) is 39.8 Å². The Kier molecular flexibility index (Phi) is 19.3. The first-order valence-electron chi connectivity index (χ1n) is 19.3. The Labute approximate surface area is 342 Å². The number of nitrogens with one attached hydrogen (secondary N) is 7. The molecule has 328 valence electrons. The van der Waals surface area contributed by atoms with Gasteiger partial charge in [0.05, 0.1) is 12.6 Å². The maximum Gasteiger partial charge on any atom is 0.339 e. The summed E-state index contributed by atoms with van der Waals surface area (Å²) in [5.41, 5.74) is 19.7. The number of aromatic hydroxyl groups is 1. The lowest BCUT2D eigenvalue weighted by Gasteiger charge is -2.32. The predicted molar refractivity (Wildman–Crippen MR) is 213 cm³/mol. The third-order valence-corrected chi connectivity index (χ3v) is 9.28. The molecule has 59 heavy (non-hydrogen) atoms. The number of nitrogens with two attached hydrogens (primary N) is 3. The molecular weight excluding hydrogens is 772 g/mol. The van der Waals surface area contributed by atoms with Crippen LogP contribution in [-0.4, -0.2) is 129 Å². The van der Waals surface area contributed by atoms with E-state index in [0.29, 0.717) is 18.5 Å². The fourth-order valence-electron chi connectivity index (χ4n) is 6.12. The monoisotopic (exact) mass is 832 g/mol. The molecule has 0 spiro atoms. The molecule has 0 radical (unpaired) electrons. The van der Waals surface area contributed by atoms with Crippen LogP contribution in [0.4, 0.5) is 4.79 Å². The molecule has 0 unspecified atom stereocenters. The van der Waals surface area contributed by atoms with E-state index >= 15 is 0 Å². The van der Waals surface area contributed by atoms with Gasteiger partial charge in [0.2, 0.25) is 29.5 Å². The second-order valence-electron chi connectivity index (χ2n) is 15.1. The van der Waals surface area contributed by atoms with Crippen LogP contribution in [0.15, 0.2) is 24.3 Å². The molecule has 2 rings (SSSR count). The van der Waals surface area contributed by atoms with Crippen LogP contribution in [0.3, 0.4) is 0 Å². The number of phenolic OH excluding ortho intramolecular Hbond substituents is 1. The van der Waals surface area contributed by atoms with E-state index in [1.807, 2.05) is 0 Å². The number of hydrogen-bond donors (Lipinski definition) is 12. The van der Waals surface area contributed by atoms with E-state index in [1.54, 1.807) is 39.8 Å². The number of urea groups is 1. The number of benzene rings is 1. The zero-order chi connectivity index (χ0) is 44.6. The summed E-state index contributed by atoms with van der Waals surface area (Å²) >= 11 is 0. The standard InChI is InChI=1S/C37H60N12O10/c1-19(2)17-26(33(56)43-21(5)30(39)53)46-32(55)25(12-13-28(51)52)44-35(58)29(20(3)4)48-15-16-49(37(48)59)47-34(57)27(18-22-8-10-23(50)11-9-22)45-31(54)24(38)7-6-14-42-36(40)41/h8-11,19-21,24-27,29,50H,6-7,12-18,38H2,1-5H3,(H2,39,53)(H,43,56)(H,44,58)(H,45,54)(H,46,55)(H,47,57)(H,51,52)(H4,40,41,42)/t21-,24-,25-,26-,27-,29-/m1/s1. The SMILES string of the molecule is CC(C)C[C@@H](NC(=O)[C@@H](CCC(=O)O)NC(=O)[C@@H](C(C)C)N1CCN(NC(=O)[C@@H](Cc2ccc(O)cc2)NC(=O)[C@H](N)CCCNC(=N)N)C1=O)C(=O)N[C@H](C)C(N)=O. The van der Waals surface area contributed by atoms with E-state index < -0.39 is 96.0 Å². The van der Waals surface area contributed by atoms with E-state index in [-0.39, 0.29) is 56.4 Å². The molecule has 0 aromatic heterocycles. The van der Waals surface area contributed by atoms with Crippen molar-refractivity contribution in [2.75, 3.05) is 19.6 Å². The number of nitrogens with zero attached hydrogens (tertiary/aromatic N) is 2. The first kappa shape index (κ1) is 49.0. The van der Waals surface area contributed by atoms with Gasteiger partial charge in [-0.15, -0.1) is 0 Å². The normalized spacial score (nSPS) is 15.6. The molecule has 6 atom stereocenters. The molecule has 22 heteroatoms. The first-order chi connectivity index (χ1) is 27.6. The quantitative estimate of drug-likeness (QED) is 0.0296. The van der Waals surface area contributed by atoms with Crippen molar-refractivity contribution in [3.05, 3.63) is 29.8 Å². The Hall–Kier alpha value is -6.19. The van der Waals surface area contributed by atoms with Gasteiger partial charge in [0.15, 0.2) is 5.96 Å². The molecule has 22 nitrogen and oxygen atoms in total. The summed E-state index contributed by atoms with van der Waals surface area (Å²) in [6.07, 6.45) is -0.230. The minimum atomic E-state index is -1.45. The number of carbonyl (C=O) groups excluding carboxylic acids is 7. The number of hydrazine groups is 1. The molecule has 1 fully saturated rings. The summed E-state index contributed by atoms with van der Waals surface area (Å²) < 4.78 is 0. The third kappa shape index (κ3) is 16.3. The highest BCUT2D eigenvalue weighted by molar-refractivity contribution is 5.96. The van der Waals surface area contributed by atoms with Crippen molar-refractivity contribution in [3.8, 4) is 5.75 Å². The van der Waals surface area contributed by atoms with Gasteiger partial charge in [0, 0.05) is 25.9 Å². The molecule has 0 bridgehead atoms. The summed E-state index contributed by atoms with van der Waals surface area (Å²) in [5, 5.41) is 40.1. The number of rotatable bonds is 24. The van der Waals surface area contributed by atoms with Crippen molar-refractivity contribution in [2.24, 2.45) is 29.0 Å². The van der Waals surface area contributed by atoms with Crippen LogP contribution in [0.1, 0.15) is 72.3 Å². The topological polar surface area (TPSA) is 358 Å². The molecule has 1 aliphatic rings. The van der Waals surface area contributed by atoms with Crippen LogP contribution in [0.5, 0.6) is 5.75 Å². The average molecular weight is 833 g/mol. The third-order valence-electron chi connectivity index (χ3n) is 9.28. The van der Waals surface area contributed by atoms with Crippen molar-refractivity contribution in [1.29, 1.82) is 5.41 Å². The Bertz CT molecular complexity index is 1670. The molecular formula is C37H60N12O10. The van der Waals surface area contributed by atoms with E-state index in [4.69, 9.17) is 22.6 Å². The summed E-state index contributed by atoms with van der Waals surface area (Å²) in [6, 6.07) is -2.01. The van der Waals surface area contributed by atoms with E-state index in [9.17, 15) is 48.6 Å². The van der Waals surface area contributed by atoms with Crippen LogP contribution >= 0.6 is 0 Å². The lowest BCUT2D eigenvalue weighted by atomic mass is 10.00. The molecule has 1 aromatic rings. The Morgan fingerprint density at radius 3 is 1.95 bits per heavy atom. The number of carboxylic acid groups (broad SMARTS) is 1. The van der Waals surface area contributed by atoms with Crippen LogP contribution in [-0.2, 0) is 40.0 Å². The number of hydrogen-bond acceptors (Lipinski definition) is 11. The van der Waals surface area contributed by atoms with Crippen LogP contribution in [0.2, 0.25) is 0 Å². The van der Waals surface area contributed by atoms with Crippen molar-refractivity contribution in [2.45, 2.75) is 109 Å². The Balaban J connectivity index is 2.26. The lowest BCUT2D eigenvalue weighted by molar-refractivity contribution is -0.139. The van der Waals surface area contributed by atoms with Gasteiger partial charge in [-0.3, -0.25) is 44.4 Å². The maximum atomic E-state index is 13.9. The number of carbonyl (C=O) groups is 8. The number of primary amides is 1. The Morgan fingerprint density at radius 1 is 0.797 bits per heavy atom. The molecule has 0 aliphatic carbocycles. The summed E-state index contributed by atoms with van der Waals surface area (Å²) in [4.78, 5) is 105. The molecule has 1 aromatic carbocycles. The number of carboxylic acids is 1. The highest BCUT2D eigenvalue weighted by atomic mass is 16.4. The second-order valence-corrected chi connectivity index (χ2v) is 15.1. The zero-order valence-corrected chi connectivity index (χ0v) is 34.1. The molecule has 1 aliphatic heterocycles. The molecule has 15 N–H and O–H groups in total. The largest absolute Gasteiger partial charge is 0.508 e. The van der Waals surface area contributed by atoms with Gasteiger partial charge >= 0.3 is 12.0 Å². The predicted octanol–water partition coefficient (Wildman–Crippen LogP) is -2.33. The number of phenols is 1. The lowest BCUT2D eigenvalue weighted by Crippen LogP contribution is -2.59. The van der Waals surface area contributed by atoms with Crippen molar-refractivity contribution in [3.63, 3.8) is 0 Å². The minimum absolute atomic E-state index is 0.0187. The fraction of sp³-hybridized carbons (Fsp3) is 0.595. The second kappa shape index (κ2) is 23.3. The molecule has 1 heterocycles. The summed E-state index contributed by atoms with van der Waals surface area (Å²) in [6.45, 7) is 8.42. The highest BCUT2D eigenvalue weighted by Crippen LogP contribution is 2.19. The molecule has 0 saturated carbocycles. The fourth-order valence-corrected chi connectivity index (χ4v) is 6.12. The van der Waals surface area contributed by atoms with Gasteiger partial charge in [0.25, 0.3) is 5.91 Å². The van der Waals surface area contributed by atoms with Gasteiger partial charge < -0.3 is 58.9 Å². The number of aliphatic carboxylic acids is 1. The number of guanidine groups is 1. The van der Waals surface area contributed by atoms with Gasteiger partial charge in [0.1, 0.15) is 36.0 Å². The zero-order valence-electron chi connectivity index (χ0n) is 34.1. The van der Waals surface area contributed by atoms with Crippen LogP contribution in [0.25, 0.3) is 0 Å². The maximum absolute atomic E-state index is 13.9. The summed E-state index contributed by atoms with van der Waals surface area (Å²) in [7, 11) is 0. The van der Waals surface area contributed by atoms with Gasteiger partial charge in [-0.2, -0.15) is 0 Å². The van der Waals surface area contributed by atoms with Crippen LogP contribution in [0, 0.1) is 17.2 Å². The van der Waals surface area contributed by atoms with E-state index in [1.165, 1.54) is 24.0 Å². The molecule has 1 saturated heterocycles. The smallest absolute Gasteiger partial charge is 0.339 e. The summed E-state index contributed by atoms with van der Waals surface area (Å²) in [5.74, 6) is -6.80. The van der Waals surface area contributed by atoms with Gasteiger partial charge in [-0.05, 0) is 62.1 Å². The van der Waals surface area contributed by atoms with Gasteiger partial charge in [-0.25, -0.2) is 9.80 Å². The van der Waals surface area contributed by atoms with E-state index in [2.05, 4.69) is 32.0 Å². The minimum Gasteiger partial charge on any atom is -0.508 e. The Morgan fingerprint density at radius 2 is 1.39 bits per heavy atom. The van der Waals surface area contributed by atoms with E-state index in [0.717, 1.165) is 5.01 Å². The van der Waals surface area contributed by atoms with Crippen molar-refractivity contribution < 1.29 is 48.6 Å².